The van der Waals surface area contributed by atoms with Crippen molar-refractivity contribution < 1.29 is 9.53 Å². The van der Waals surface area contributed by atoms with Crippen LogP contribution in [0.4, 0.5) is 11.5 Å². The van der Waals surface area contributed by atoms with Crippen molar-refractivity contribution in [3.05, 3.63) is 48.2 Å². The van der Waals surface area contributed by atoms with Crippen molar-refractivity contribution in [2.45, 2.75) is 38.1 Å². The van der Waals surface area contributed by atoms with Crippen molar-refractivity contribution in [2.24, 2.45) is 0 Å². The van der Waals surface area contributed by atoms with E-state index in [-0.39, 0.29) is 5.91 Å². The summed E-state index contributed by atoms with van der Waals surface area (Å²) in [6.07, 6.45) is 7.61. The molecule has 2 aromatic rings. The second kappa shape index (κ2) is 9.16. The molecule has 154 valence electrons. The number of nitrogens with one attached hydrogen (secondary N) is 1. The molecule has 0 atom stereocenters. The summed E-state index contributed by atoms with van der Waals surface area (Å²) >= 11 is 0. The van der Waals surface area contributed by atoms with Crippen LogP contribution < -0.4 is 19.9 Å². The molecule has 29 heavy (non-hydrogen) atoms. The summed E-state index contributed by atoms with van der Waals surface area (Å²) in [5.41, 5.74) is 1.87. The highest BCUT2D eigenvalue weighted by Crippen LogP contribution is 2.22. The Labute approximate surface area is 172 Å². The molecule has 6 nitrogen and oxygen atoms in total. The molecule has 6 heteroatoms. The molecule has 4 rings (SSSR count). The first kappa shape index (κ1) is 19.6. The minimum Gasteiger partial charge on any atom is -0.497 e. The zero-order chi connectivity index (χ0) is 20.1. The van der Waals surface area contributed by atoms with E-state index in [1.807, 2.05) is 24.3 Å². The van der Waals surface area contributed by atoms with Gasteiger partial charge in [0.1, 0.15) is 11.6 Å². The summed E-state index contributed by atoms with van der Waals surface area (Å²) in [4.78, 5) is 21.7. The smallest absolute Gasteiger partial charge is 0.253 e. The summed E-state index contributed by atoms with van der Waals surface area (Å²) in [6, 6.07) is 12.4. The SMILES string of the molecule is COc1ccc(N2CCN(c3ccc(C(=O)NC4CCCCC4)cn3)CC2)cc1. The summed E-state index contributed by atoms with van der Waals surface area (Å²) in [5.74, 6) is 1.82. The van der Waals surface area contributed by atoms with Crippen LogP contribution >= 0.6 is 0 Å². The number of ether oxygens (including phenoxy) is 1. The number of carbonyl (C=O) groups is 1. The lowest BCUT2D eigenvalue weighted by Gasteiger charge is -2.36. The molecule has 1 amide bonds. The van der Waals surface area contributed by atoms with Crippen molar-refractivity contribution in [2.75, 3.05) is 43.1 Å². The minimum atomic E-state index is 0.000255. The van der Waals surface area contributed by atoms with Crippen LogP contribution in [-0.2, 0) is 0 Å². The van der Waals surface area contributed by atoms with Crippen LogP contribution in [-0.4, -0.2) is 50.2 Å². The molecule has 2 aliphatic rings. The van der Waals surface area contributed by atoms with Gasteiger partial charge in [-0.25, -0.2) is 4.98 Å². The molecule has 1 aromatic heterocycles. The van der Waals surface area contributed by atoms with Gasteiger partial charge in [-0.05, 0) is 49.2 Å². The number of pyridine rings is 1. The zero-order valence-corrected chi connectivity index (χ0v) is 17.1. The van der Waals surface area contributed by atoms with E-state index in [4.69, 9.17) is 4.74 Å². The molecule has 1 N–H and O–H groups in total. The number of anilines is 2. The highest BCUT2D eigenvalue weighted by Gasteiger charge is 2.20. The number of benzene rings is 1. The van der Waals surface area contributed by atoms with Gasteiger partial charge in [0.15, 0.2) is 0 Å². The number of piperazine rings is 1. The molecule has 0 spiro atoms. The molecule has 0 bridgehead atoms. The van der Waals surface area contributed by atoms with Crippen LogP contribution in [0.15, 0.2) is 42.6 Å². The van der Waals surface area contributed by atoms with Gasteiger partial charge in [-0.15, -0.1) is 0 Å². The summed E-state index contributed by atoms with van der Waals surface area (Å²) in [6.45, 7) is 3.70. The first-order valence-electron chi connectivity index (χ1n) is 10.6. The average Bonchev–Trinajstić information content (AvgIpc) is 2.80. The van der Waals surface area contributed by atoms with Crippen molar-refractivity contribution in [3.63, 3.8) is 0 Å². The fourth-order valence-electron chi connectivity index (χ4n) is 4.21. The standard InChI is InChI=1S/C23H30N4O2/c1-29-21-10-8-20(9-11-21)26-13-15-27(16-14-26)22-12-7-18(17-24-22)23(28)25-19-5-3-2-4-6-19/h7-12,17,19H,2-6,13-16H2,1H3,(H,25,28). The number of nitrogens with zero attached hydrogens (tertiary/aromatic N) is 3. The molecule has 0 radical (unpaired) electrons. The van der Waals surface area contributed by atoms with E-state index in [9.17, 15) is 4.79 Å². The van der Waals surface area contributed by atoms with Crippen molar-refractivity contribution >= 4 is 17.4 Å². The van der Waals surface area contributed by atoms with Gasteiger partial charge in [-0.2, -0.15) is 0 Å². The maximum absolute atomic E-state index is 12.5. The molecular formula is C23H30N4O2. The van der Waals surface area contributed by atoms with Gasteiger partial charge in [0.05, 0.1) is 12.7 Å². The number of aromatic nitrogens is 1. The highest BCUT2D eigenvalue weighted by molar-refractivity contribution is 5.94. The first-order valence-corrected chi connectivity index (χ1v) is 10.6. The number of hydrogen-bond acceptors (Lipinski definition) is 5. The minimum absolute atomic E-state index is 0.000255. The van der Waals surface area contributed by atoms with E-state index in [1.165, 1.54) is 24.9 Å². The third-order valence-corrected chi connectivity index (χ3v) is 5.99. The summed E-state index contributed by atoms with van der Waals surface area (Å²) in [5, 5.41) is 3.16. The quantitative estimate of drug-likeness (QED) is 0.841. The van der Waals surface area contributed by atoms with E-state index < -0.39 is 0 Å². The Morgan fingerprint density at radius 1 is 0.966 bits per heavy atom. The Bertz CT molecular complexity index is 793. The van der Waals surface area contributed by atoms with Crippen LogP contribution in [0.3, 0.4) is 0 Å². The van der Waals surface area contributed by atoms with E-state index in [2.05, 4.69) is 32.2 Å². The average molecular weight is 395 g/mol. The van der Waals surface area contributed by atoms with E-state index in [0.717, 1.165) is 50.6 Å². The lowest BCUT2D eigenvalue weighted by molar-refractivity contribution is 0.0927. The maximum atomic E-state index is 12.5. The number of carbonyl (C=O) groups excluding carboxylic acids is 1. The Hall–Kier alpha value is -2.76. The molecule has 2 heterocycles. The van der Waals surface area contributed by atoms with Gasteiger partial charge in [-0.3, -0.25) is 4.79 Å². The Morgan fingerprint density at radius 3 is 2.28 bits per heavy atom. The molecule has 0 unspecified atom stereocenters. The second-order valence-electron chi connectivity index (χ2n) is 7.89. The van der Waals surface area contributed by atoms with Gasteiger partial charge in [0.25, 0.3) is 5.91 Å². The highest BCUT2D eigenvalue weighted by atomic mass is 16.5. The molecular weight excluding hydrogens is 364 g/mol. The molecule has 2 fully saturated rings. The lowest BCUT2D eigenvalue weighted by atomic mass is 9.95. The van der Waals surface area contributed by atoms with Crippen LogP contribution in [0, 0.1) is 0 Å². The molecule has 1 saturated heterocycles. The Kier molecular flexibility index (Phi) is 6.17. The first-order chi connectivity index (χ1) is 14.2. The normalized spacial score (nSPS) is 17.8. The molecule has 1 aliphatic carbocycles. The van der Waals surface area contributed by atoms with E-state index in [1.54, 1.807) is 13.3 Å². The third kappa shape index (κ3) is 4.81. The lowest BCUT2D eigenvalue weighted by Crippen LogP contribution is -2.46. The van der Waals surface area contributed by atoms with Crippen molar-refractivity contribution in [1.29, 1.82) is 0 Å². The number of hydrogen-bond donors (Lipinski definition) is 1. The molecule has 1 saturated carbocycles. The van der Waals surface area contributed by atoms with E-state index >= 15 is 0 Å². The number of methoxy groups -OCH3 is 1. The van der Waals surface area contributed by atoms with Gasteiger partial charge >= 0.3 is 0 Å². The monoisotopic (exact) mass is 394 g/mol. The van der Waals surface area contributed by atoms with Crippen LogP contribution in [0.25, 0.3) is 0 Å². The Morgan fingerprint density at radius 2 is 1.66 bits per heavy atom. The van der Waals surface area contributed by atoms with Gasteiger partial charge < -0.3 is 19.9 Å². The molecule has 1 aliphatic heterocycles. The summed E-state index contributed by atoms with van der Waals surface area (Å²) in [7, 11) is 1.69. The summed E-state index contributed by atoms with van der Waals surface area (Å²) < 4.78 is 5.24. The van der Waals surface area contributed by atoms with Crippen LogP contribution in [0.5, 0.6) is 5.75 Å². The fraction of sp³-hybridized carbons (Fsp3) is 0.478. The maximum Gasteiger partial charge on any atom is 0.253 e. The van der Waals surface area contributed by atoms with Crippen molar-refractivity contribution in [1.82, 2.24) is 10.3 Å². The van der Waals surface area contributed by atoms with Gasteiger partial charge in [0, 0.05) is 44.1 Å². The number of amides is 1. The predicted molar refractivity (Wildman–Crippen MR) is 116 cm³/mol. The van der Waals surface area contributed by atoms with E-state index in [0.29, 0.717) is 11.6 Å². The van der Waals surface area contributed by atoms with Gasteiger partial charge in [-0.1, -0.05) is 19.3 Å². The molecule has 1 aromatic carbocycles. The Balaban J connectivity index is 1.31. The fourth-order valence-corrected chi connectivity index (χ4v) is 4.21. The van der Waals surface area contributed by atoms with Crippen LogP contribution in [0.1, 0.15) is 42.5 Å². The van der Waals surface area contributed by atoms with Crippen LogP contribution in [0.2, 0.25) is 0 Å². The van der Waals surface area contributed by atoms with Crippen molar-refractivity contribution in [3.8, 4) is 5.75 Å². The second-order valence-corrected chi connectivity index (χ2v) is 7.89. The number of rotatable bonds is 5. The topological polar surface area (TPSA) is 57.7 Å². The largest absolute Gasteiger partial charge is 0.497 e. The predicted octanol–water partition coefficient (Wildman–Crippen LogP) is 3.48. The third-order valence-electron chi connectivity index (χ3n) is 5.99. The van der Waals surface area contributed by atoms with Gasteiger partial charge in [0.2, 0.25) is 0 Å². The zero-order valence-electron chi connectivity index (χ0n) is 17.1.